The molecule has 0 aliphatic carbocycles. The van der Waals surface area contributed by atoms with Crippen molar-refractivity contribution >= 4 is 21.1 Å². The molecule has 0 spiro atoms. The van der Waals surface area contributed by atoms with E-state index in [1.54, 1.807) is 0 Å². The van der Waals surface area contributed by atoms with E-state index in [-0.39, 0.29) is 22.3 Å². The van der Waals surface area contributed by atoms with Gasteiger partial charge in [-0.3, -0.25) is 0 Å². The lowest BCUT2D eigenvalue weighted by Gasteiger charge is -2.19. The van der Waals surface area contributed by atoms with Crippen molar-refractivity contribution in [3.05, 3.63) is 54.1 Å². The first kappa shape index (κ1) is 18.8. The number of hydrogen-bond acceptors (Lipinski definition) is 6. The van der Waals surface area contributed by atoms with Gasteiger partial charge in [0.1, 0.15) is 11.6 Å². The lowest BCUT2D eigenvalue weighted by atomic mass is 10.2. The molecule has 1 saturated heterocycles. The van der Waals surface area contributed by atoms with Crippen molar-refractivity contribution in [3.8, 4) is 11.4 Å². The molecule has 1 aliphatic rings. The molecule has 0 amide bonds. The standard InChI is InChI=1S/C19H18FN7O2S/c1-12-21-17-4-2-3-5-18(17)27(12)13-8-9-26(11-13)30(28,29)14-6-7-16(20)15(10-14)19-22-24-25-23-19/h2-7,10,13H,8-9,11H2,1H3,(H,22,23,24,25). The Kier molecular flexibility index (Phi) is 4.36. The second-order valence-electron chi connectivity index (χ2n) is 7.20. The predicted molar refractivity (Wildman–Crippen MR) is 106 cm³/mol. The van der Waals surface area contributed by atoms with Crippen LogP contribution in [0.2, 0.25) is 0 Å². The summed E-state index contributed by atoms with van der Waals surface area (Å²) in [5, 5.41) is 13.1. The molecule has 0 bridgehead atoms. The minimum absolute atomic E-state index is 0.00318. The molecule has 9 nitrogen and oxygen atoms in total. The zero-order valence-corrected chi connectivity index (χ0v) is 16.8. The molecule has 4 aromatic rings. The van der Waals surface area contributed by atoms with Gasteiger partial charge in [-0.1, -0.05) is 12.1 Å². The van der Waals surface area contributed by atoms with E-state index >= 15 is 0 Å². The van der Waals surface area contributed by atoms with Crippen LogP contribution in [0.15, 0.2) is 47.4 Å². The lowest BCUT2D eigenvalue weighted by Crippen LogP contribution is -2.29. The molecule has 1 atom stereocenters. The highest BCUT2D eigenvalue weighted by Gasteiger charge is 2.35. The maximum atomic E-state index is 14.2. The van der Waals surface area contributed by atoms with Gasteiger partial charge in [0, 0.05) is 13.1 Å². The number of imidazole rings is 1. The number of aromatic nitrogens is 6. The van der Waals surface area contributed by atoms with Crippen LogP contribution in [0.5, 0.6) is 0 Å². The van der Waals surface area contributed by atoms with Gasteiger partial charge in [-0.2, -0.15) is 9.52 Å². The van der Waals surface area contributed by atoms with E-state index in [1.165, 1.54) is 16.4 Å². The predicted octanol–water partition coefficient (Wildman–Crippen LogP) is 2.30. The Labute approximate surface area is 171 Å². The van der Waals surface area contributed by atoms with E-state index in [0.717, 1.165) is 22.9 Å². The van der Waals surface area contributed by atoms with E-state index in [2.05, 4.69) is 30.2 Å². The van der Waals surface area contributed by atoms with Crippen LogP contribution in [-0.4, -0.2) is 56.0 Å². The van der Waals surface area contributed by atoms with Crippen LogP contribution >= 0.6 is 0 Å². The number of halogens is 1. The highest BCUT2D eigenvalue weighted by molar-refractivity contribution is 7.89. The molecule has 5 rings (SSSR count). The summed E-state index contributed by atoms with van der Waals surface area (Å²) in [5.41, 5.74) is 1.86. The summed E-state index contributed by atoms with van der Waals surface area (Å²) in [4.78, 5) is 4.58. The van der Waals surface area contributed by atoms with Gasteiger partial charge >= 0.3 is 0 Å². The number of nitrogens with zero attached hydrogens (tertiary/aromatic N) is 6. The number of aromatic amines is 1. The summed E-state index contributed by atoms with van der Waals surface area (Å²) in [6.07, 6.45) is 0.666. The van der Waals surface area contributed by atoms with Gasteiger partial charge in [0.2, 0.25) is 15.8 Å². The van der Waals surface area contributed by atoms with Crippen LogP contribution in [0.4, 0.5) is 4.39 Å². The summed E-state index contributed by atoms with van der Waals surface area (Å²) in [6, 6.07) is 11.4. The van der Waals surface area contributed by atoms with Gasteiger partial charge in [-0.15, -0.1) is 10.2 Å². The highest BCUT2D eigenvalue weighted by atomic mass is 32.2. The van der Waals surface area contributed by atoms with Gasteiger partial charge in [0.15, 0.2) is 0 Å². The Morgan fingerprint density at radius 2 is 2.03 bits per heavy atom. The van der Waals surface area contributed by atoms with E-state index in [0.29, 0.717) is 19.5 Å². The molecule has 0 radical (unpaired) electrons. The molecule has 1 N–H and O–H groups in total. The summed E-state index contributed by atoms with van der Waals surface area (Å²) >= 11 is 0. The van der Waals surface area contributed by atoms with Crippen molar-refractivity contribution in [1.82, 2.24) is 34.5 Å². The molecule has 11 heteroatoms. The number of nitrogens with one attached hydrogen (secondary N) is 1. The quantitative estimate of drug-likeness (QED) is 0.535. The first-order valence-electron chi connectivity index (χ1n) is 9.42. The van der Waals surface area contributed by atoms with Crippen molar-refractivity contribution in [1.29, 1.82) is 0 Å². The van der Waals surface area contributed by atoms with Crippen molar-refractivity contribution in [2.45, 2.75) is 24.3 Å². The first-order valence-corrected chi connectivity index (χ1v) is 10.9. The number of rotatable bonds is 4. The molecule has 1 aliphatic heterocycles. The normalized spacial score (nSPS) is 17.7. The van der Waals surface area contributed by atoms with Crippen molar-refractivity contribution in [2.75, 3.05) is 13.1 Å². The SMILES string of the molecule is Cc1nc2ccccc2n1C1CCN(S(=O)(=O)c2ccc(F)c(-c3nn[nH]n3)c2)C1. The summed E-state index contributed by atoms with van der Waals surface area (Å²) in [5.74, 6) is 0.237. The fraction of sp³-hybridized carbons (Fsp3) is 0.263. The summed E-state index contributed by atoms with van der Waals surface area (Å²) < 4.78 is 44.2. The number of aryl methyl sites for hydroxylation is 1. The molecule has 2 aromatic heterocycles. The molecule has 0 saturated carbocycles. The Morgan fingerprint density at radius 1 is 1.20 bits per heavy atom. The minimum Gasteiger partial charge on any atom is -0.324 e. The largest absolute Gasteiger partial charge is 0.324 e. The second kappa shape index (κ2) is 6.96. The van der Waals surface area contributed by atoms with Crippen LogP contribution in [0.3, 0.4) is 0 Å². The molecule has 30 heavy (non-hydrogen) atoms. The number of benzene rings is 2. The van der Waals surface area contributed by atoms with Crippen LogP contribution in [0, 0.1) is 12.7 Å². The smallest absolute Gasteiger partial charge is 0.243 e. The Bertz CT molecular complexity index is 1330. The van der Waals surface area contributed by atoms with E-state index in [9.17, 15) is 12.8 Å². The Balaban J connectivity index is 1.47. The van der Waals surface area contributed by atoms with Crippen LogP contribution < -0.4 is 0 Å². The number of H-pyrrole nitrogens is 1. The van der Waals surface area contributed by atoms with Crippen molar-refractivity contribution in [2.24, 2.45) is 0 Å². The number of hydrogen-bond donors (Lipinski definition) is 1. The maximum Gasteiger partial charge on any atom is 0.243 e. The van der Waals surface area contributed by atoms with Gasteiger partial charge < -0.3 is 4.57 Å². The second-order valence-corrected chi connectivity index (χ2v) is 9.14. The van der Waals surface area contributed by atoms with E-state index < -0.39 is 15.8 Å². The number of para-hydroxylation sites is 2. The lowest BCUT2D eigenvalue weighted by molar-refractivity contribution is 0.452. The summed E-state index contributed by atoms with van der Waals surface area (Å²) in [6.45, 7) is 2.61. The van der Waals surface area contributed by atoms with Gasteiger partial charge in [0.25, 0.3) is 0 Å². The third-order valence-electron chi connectivity index (χ3n) is 5.43. The molecule has 1 fully saturated rings. The molecular formula is C19H18FN7O2S. The maximum absolute atomic E-state index is 14.2. The topological polar surface area (TPSA) is 110 Å². The molecule has 2 aromatic carbocycles. The third kappa shape index (κ3) is 2.97. The van der Waals surface area contributed by atoms with Crippen molar-refractivity contribution in [3.63, 3.8) is 0 Å². The zero-order valence-electron chi connectivity index (χ0n) is 16.0. The van der Waals surface area contributed by atoms with Gasteiger partial charge in [-0.25, -0.2) is 17.8 Å². The number of sulfonamides is 1. The first-order chi connectivity index (χ1) is 14.4. The molecule has 1 unspecified atom stereocenters. The zero-order chi connectivity index (χ0) is 20.9. The van der Waals surface area contributed by atoms with Gasteiger partial charge in [0.05, 0.1) is 27.5 Å². The minimum atomic E-state index is -3.81. The monoisotopic (exact) mass is 427 g/mol. The van der Waals surface area contributed by atoms with Crippen LogP contribution in [0.25, 0.3) is 22.4 Å². The average molecular weight is 427 g/mol. The fourth-order valence-electron chi connectivity index (χ4n) is 4.03. The Hall–Kier alpha value is -3.18. The summed E-state index contributed by atoms with van der Waals surface area (Å²) in [7, 11) is -3.81. The molecule has 154 valence electrons. The Morgan fingerprint density at radius 3 is 2.83 bits per heavy atom. The molecular weight excluding hydrogens is 409 g/mol. The number of tetrazole rings is 1. The highest BCUT2D eigenvalue weighted by Crippen LogP contribution is 2.32. The van der Waals surface area contributed by atoms with Crippen molar-refractivity contribution < 1.29 is 12.8 Å². The fourth-order valence-corrected chi connectivity index (χ4v) is 5.55. The van der Waals surface area contributed by atoms with E-state index in [1.807, 2.05) is 31.2 Å². The van der Waals surface area contributed by atoms with Gasteiger partial charge in [-0.05, 0) is 48.9 Å². The third-order valence-corrected chi connectivity index (χ3v) is 7.29. The average Bonchev–Trinajstić information content (AvgIpc) is 3.47. The number of fused-ring (bicyclic) bond motifs is 1. The van der Waals surface area contributed by atoms with Crippen LogP contribution in [-0.2, 0) is 10.0 Å². The van der Waals surface area contributed by atoms with E-state index in [4.69, 9.17) is 0 Å². The molecule has 3 heterocycles. The van der Waals surface area contributed by atoms with Crippen LogP contribution in [0.1, 0.15) is 18.3 Å².